The van der Waals surface area contributed by atoms with E-state index in [1.54, 1.807) is 7.11 Å². The van der Waals surface area contributed by atoms with Crippen molar-refractivity contribution in [2.75, 3.05) is 13.7 Å². The van der Waals surface area contributed by atoms with Crippen molar-refractivity contribution in [3.63, 3.8) is 0 Å². The number of rotatable bonds is 4. The van der Waals surface area contributed by atoms with Crippen LogP contribution in [0.3, 0.4) is 0 Å². The lowest BCUT2D eigenvalue weighted by Crippen LogP contribution is -2.52. The third kappa shape index (κ3) is 3.25. The van der Waals surface area contributed by atoms with Gasteiger partial charge in [0.1, 0.15) is 5.75 Å². The molecule has 1 saturated heterocycles. The summed E-state index contributed by atoms with van der Waals surface area (Å²) in [4.78, 5) is 3.68. The van der Waals surface area contributed by atoms with Gasteiger partial charge in [-0.3, -0.25) is 0 Å². The van der Waals surface area contributed by atoms with E-state index in [0.717, 1.165) is 41.6 Å². The van der Waals surface area contributed by atoms with Crippen LogP contribution in [0.25, 0.3) is 10.9 Å². The van der Waals surface area contributed by atoms with Crippen molar-refractivity contribution in [3.05, 3.63) is 76.1 Å². The van der Waals surface area contributed by atoms with E-state index >= 15 is 0 Å². The number of para-hydroxylation sites is 1. The lowest BCUT2D eigenvalue weighted by molar-refractivity contribution is 0.148. The molecule has 0 spiro atoms. The van der Waals surface area contributed by atoms with Crippen molar-refractivity contribution < 1.29 is 9.84 Å². The van der Waals surface area contributed by atoms with Crippen molar-refractivity contribution >= 4 is 26.8 Å². The lowest BCUT2D eigenvalue weighted by atomic mass is 9.66. The van der Waals surface area contributed by atoms with E-state index in [0.29, 0.717) is 11.8 Å². The Morgan fingerprint density at radius 1 is 1.23 bits per heavy atom. The Morgan fingerprint density at radius 3 is 2.87 bits per heavy atom. The Morgan fingerprint density at radius 2 is 2.07 bits per heavy atom. The molecular weight excluding hydrogens is 440 g/mol. The number of aromatic nitrogens is 1. The second-order valence-corrected chi connectivity index (χ2v) is 9.45. The van der Waals surface area contributed by atoms with Crippen molar-refractivity contribution in [1.29, 1.82) is 0 Å². The van der Waals surface area contributed by atoms with Gasteiger partial charge in [-0.2, -0.15) is 0 Å². The van der Waals surface area contributed by atoms with Gasteiger partial charge in [0, 0.05) is 21.6 Å². The van der Waals surface area contributed by atoms with Crippen molar-refractivity contribution in [1.82, 2.24) is 10.3 Å². The number of halogens is 1. The summed E-state index contributed by atoms with van der Waals surface area (Å²) in [5.41, 5.74) is 5.04. The molecule has 3 aromatic rings. The minimum atomic E-state index is -0.161. The van der Waals surface area contributed by atoms with Crippen molar-refractivity contribution in [2.45, 2.75) is 31.2 Å². The zero-order chi connectivity index (χ0) is 20.8. The van der Waals surface area contributed by atoms with E-state index < -0.39 is 0 Å². The standard InChI is InChI=1S/C25H27BrN2O2/c1-14(29)23(16-5-3-6-17(11-16)30-2)25-19-13-20-18-7-4-8-21(26)24(18)28-22(20)12-15(19)9-10-27-25/h3-8,11,15,19,23,25,27-29H,1,9-10,12-13H2,2H3. The van der Waals surface area contributed by atoms with Crippen LogP contribution in [0.2, 0.25) is 0 Å². The molecular formula is C25H27BrN2O2. The second-order valence-electron chi connectivity index (χ2n) is 8.59. The minimum absolute atomic E-state index is 0.138. The third-order valence-electron chi connectivity index (χ3n) is 7.02. The lowest BCUT2D eigenvalue weighted by Gasteiger charge is -2.45. The van der Waals surface area contributed by atoms with Gasteiger partial charge >= 0.3 is 0 Å². The maximum absolute atomic E-state index is 10.6. The number of benzene rings is 2. The highest BCUT2D eigenvalue weighted by Crippen LogP contribution is 2.44. The predicted octanol–water partition coefficient (Wildman–Crippen LogP) is 5.49. The van der Waals surface area contributed by atoms with Gasteiger partial charge in [0.05, 0.1) is 24.3 Å². The van der Waals surface area contributed by atoms with Crippen molar-refractivity contribution in [3.8, 4) is 5.75 Å². The molecule has 5 rings (SSSR count). The fraction of sp³-hybridized carbons (Fsp3) is 0.360. The van der Waals surface area contributed by atoms with Crippen LogP contribution in [0.5, 0.6) is 5.75 Å². The first kappa shape index (κ1) is 19.7. The molecule has 1 aromatic heterocycles. The Hall–Kier alpha value is -2.24. The molecule has 4 atom stereocenters. The van der Waals surface area contributed by atoms with Gasteiger partial charge < -0.3 is 20.1 Å². The van der Waals surface area contributed by atoms with Crippen LogP contribution in [0.4, 0.5) is 0 Å². The topological polar surface area (TPSA) is 57.3 Å². The number of hydrogen-bond donors (Lipinski definition) is 3. The number of hydrogen-bond acceptors (Lipinski definition) is 3. The highest BCUT2D eigenvalue weighted by molar-refractivity contribution is 9.10. The molecule has 2 heterocycles. The zero-order valence-corrected chi connectivity index (χ0v) is 18.7. The van der Waals surface area contributed by atoms with Gasteiger partial charge in [-0.05, 0) is 82.9 Å². The van der Waals surface area contributed by atoms with Crippen LogP contribution in [-0.4, -0.2) is 29.8 Å². The van der Waals surface area contributed by atoms with E-state index in [-0.39, 0.29) is 17.7 Å². The quantitative estimate of drug-likeness (QED) is 0.445. The van der Waals surface area contributed by atoms with E-state index in [2.05, 4.69) is 57.1 Å². The maximum atomic E-state index is 10.6. The Kier molecular flexibility index (Phi) is 5.11. The number of nitrogens with one attached hydrogen (secondary N) is 2. The van der Waals surface area contributed by atoms with Crippen LogP contribution in [0, 0.1) is 11.8 Å². The summed E-state index contributed by atoms with van der Waals surface area (Å²) >= 11 is 3.70. The van der Waals surface area contributed by atoms with E-state index in [4.69, 9.17) is 4.74 Å². The number of aromatic amines is 1. The van der Waals surface area contributed by atoms with Gasteiger partial charge in [0.2, 0.25) is 0 Å². The molecule has 0 bridgehead atoms. The monoisotopic (exact) mass is 466 g/mol. The van der Waals surface area contributed by atoms with Crippen LogP contribution in [-0.2, 0) is 12.8 Å². The number of methoxy groups -OCH3 is 1. The molecule has 0 saturated carbocycles. The molecule has 0 amide bonds. The first-order valence-corrected chi connectivity index (χ1v) is 11.4. The van der Waals surface area contributed by atoms with E-state index in [1.807, 2.05) is 18.2 Å². The van der Waals surface area contributed by atoms with Crippen LogP contribution >= 0.6 is 15.9 Å². The summed E-state index contributed by atoms with van der Waals surface area (Å²) in [5.74, 6) is 1.88. The molecule has 4 nitrogen and oxygen atoms in total. The van der Waals surface area contributed by atoms with E-state index in [1.165, 1.54) is 22.2 Å². The first-order valence-electron chi connectivity index (χ1n) is 10.6. The van der Waals surface area contributed by atoms with Crippen molar-refractivity contribution in [2.24, 2.45) is 11.8 Å². The predicted molar refractivity (Wildman–Crippen MR) is 124 cm³/mol. The fourth-order valence-corrected chi connectivity index (χ4v) is 6.11. The van der Waals surface area contributed by atoms with E-state index in [9.17, 15) is 5.11 Å². The summed E-state index contributed by atoms with van der Waals surface area (Å²) in [6.45, 7) is 4.92. The molecule has 156 valence electrons. The van der Waals surface area contributed by atoms with Gasteiger partial charge in [-0.15, -0.1) is 0 Å². The van der Waals surface area contributed by atoms with Crippen LogP contribution in [0.1, 0.15) is 29.2 Å². The number of aliphatic hydroxyl groups is 1. The molecule has 2 aromatic carbocycles. The minimum Gasteiger partial charge on any atom is -0.512 e. The Balaban J connectivity index is 1.54. The summed E-state index contributed by atoms with van der Waals surface area (Å²) in [6.07, 6.45) is 3.21. The normalized spacial score (nSPS) is 24.1. The molecule has 0 radical (unpaired) electrons. The summed E-state index contributed by atoms with van der Waals surface area (Å²) in [7, 11) is 1.68. The molecule has 2 aliphatic rings. The Labute approximate surface area is 185 Å². The average Bonchev–Trinajstić information content (AvgIpc) is 3.11. The number of aliphatic hydroxyl groups excluding tert-OH is 1. The van der Waals surface area contributed by atoms with Crippen LogP contribution < -0.4 is 10.1 Å². The second kappa shape index (κ2) is 7.78. The van der Waals surface area contributed by atoms with Crippen LogP contribution in [0.15, 0.2) is 59.3 Å². The first-order chi connectivity index (χ1) is 14.6. The molecule has 4 unspecified atom stereocenters. The third-order valence-corrected chi connectivity index (χ3v) is 7.68. The summed E-state index contributed by atoms with van der Waals surface area (Å²) in [6, 6.07) is 14.6. The van der Waals surface area contributed by atoms with Gasteiger partial charge in [0.15, 0.2) is 0 Å². The fourth-order valence-electron chi connectivity index (χ4n) is 5.64. The van der Waals surface area contributed by atoms with Gasteiger partial charge in [-0.1, -0.05) is 30.8 Å². The number of ether oxygens (including phenoxy) is 1. The maximum Gasteiger partial charge on any atom is 0.119 e. The molecule has 30 heavy (non-hydrogen) atoms. The van der Waals surface area contributed by atoms with Gasteiger partial charge in [-0.25, -0.2) is 0 Å². The molecule has 1 aliphatic carbocycles. The smallest absolute Gasteiger partial charge is 0.119 e. The zero-order valence-electron chi connectivity index (χ0n) is 17.1. The Bertz CT molecular complexity index is 1110. The van der Waals surface area contributed by atoms with Gasteiger partial charge in [0.25, 0.3) is 0 Å². The number of H-pyrrole nitrogens is 1. The summed E-state index contributed by atoms with van der Waals surface area (Å²) in [5, 5.41) is 15.7. The largest absolute Gasteiger partial charge is 0.512 e. The number of fused-ring (bicyclic) bond motifs is 4. The molecule has 1 fully saturated rings. The molecule has 5 heteroatoms. The molecule has 3 N–H and O–H groups in total. The highest BCUT2D eigenvalue weighted by Gasteiger charge is 2.42. The molecule has 1 aliphatic heterocycles. The highest BCUT2D eigenvalue weighted by atomic mass is 79.9. The number of piperidine rings is 1. The average molecular weight is 467 g/mol. The SMILES string of the molecule is C=C(O)C(c1cccc(OC)c1)C1NCCC2Cc3[nH]c4c(Br)cccc4c3CC21. The summed E-state index contributed by atoms with van der Waals surface area (Å²) < 4.78 is 6.55.